The third-order valence-electron chi connectivity index (χ3n) is 4.76. The SMILES string of the molecule is CN=C(NCc1cccc(F)c1)NCC(c1cccc(F)c1)N1CCOCC1. The van der Waals surface area contributed by atoms with E-state index >= 15 is 0 Å². The van der Waals surface area contributed by atoms with E-state index in [1.54, 1.807) is 25.2 Å². The summed E-state index contributed by atoms with van der Waals surface area (Å²) in [6, 6.07) is 13.1. The Labute approximate surface area is 164 Å². The summed E-state index contributed by atoms with van der Waals surface area (Å²) in [7, 11) is 1.69. The maximum atomic E-state index is 13.8. The molecule has 3 rings (SSSR count). The molecule has 1 aliphatic rings. The van der Waals surface area contributed by atoms with Crippen LogP contribution >= 0.6 is 0 Å². The molecule has 2 aromatic rings. The maximum Gasteiger partial charge on any atom is 0.191 e. The minimum absolute atomic E-state index is 0.00711. The smallest absolute Gasteiger partial charge is 0.191 e. The Balaban J connectivity index is 1.64. The van der Waals surface area contributed by atoms with E-state index in [1.807, 2.05) is 12.1 Å². The molecule has 28 heavy (non-hydrogen) atoms. The van der Waals surface area contributed by atoms with E-state index in [2.05, 4.69) is 20.5 Å². The number of nitrogens with one attached hydrogen (secondary N) is 2. The van der Waals surface area contributed by atoms with Gasteiger partial charge in [0.15, 0.2) is 5.96 Å². The molecule has 2 aromatic carbocycles. The zero-order valence-electron chi connectivity index (χ0n) is 16.0. The highest BCUT2D eigenvalue weighted by Crippen LogP contribution is 2.22. The molecule has 1 unspecified atom stereocenters. The van der Waals surface area contributed by atoms with Gasteiger partial charge in [-0.3, -0.25) is 9.89 Å². The molecule has 0 aliphatic carbocycles. The van der Waals surface area contributed by atoms with Crippen molar-refractivity contribution in [3.8, 4) is 0 Å². The van der Waals surface area contributed by atoms with Gasteiger partial charge >= 0.3 is 0 Å². The molecule has 7 heteroatoms. The first kappa shape index (κ1) is 20.2. The highest BCUT2D eigenvalue weighted by atomic mass is 19.1. The molecule has 0 radical (unpaired) electrons. The summed E-state index contributed by atoms with van der Waals surface area (Å²) in [4.78, 5) is 6.52. The lowest BCUT2D eigenvalue weighted by atomic mass is 10.0. The van der Waals surface area contributed by atoms with Crippen molar-refractivity contribution in [3.05, 3.63) is 71.3 Å². The van der Waals surface area contributed by atoms with Crippen molar-refractivity contribution in [2.24, 2.45) is 4.99 Å². The summed E-state index contributed by atoms with van der Waals surface area (Å²) in [5.41, 5.74) is 1.74. The lowest BCUT2D eigenvalue weighted by Crippen LogP contribution is -2.46. The predicted molar refractivity (Wildman–Crippen MR) is 106 cm³/mol. The summed E-state index contributed by atoms with van der Waals surface area (Å²) >= 11 is 0. The van der Waals surface area contributed by atoms with E-state index < -0.39 is 0 Å². The lowest BCUT2D eigenvalue weighted by Gasteiger charge is -2.35. The first-order valence-electron chi connectivity index (χ1n) is 9.42. The first-order valence-corrected chi connectivity index (χ1v) is 9.42. The number of guanidine groups is 1. The molecule has 1 heterocycles. The zero-order valence-corrected chi connectivity index (χ0v) is 16.0. The third kappa shape index (κ3) is 5.74. The van der Waals surface area contributed by atoms with Crippen molar-refractivity contribution in [1.82, 2.24) is 15.5 Å². The molecule has 1 aliphatic heterocycles. The Morgan fingerprint density at radius 1 is 1.07 bits per heavy atom. The summed E-state index contributed by atoms with van der Waals surface area (Å²) < 4.78 is 32.6. The van der Waals surface area contributed by atoms with E-state index in [9.17, 15) is 8.78 Å². The highest BCUT2D eigenvalue weighted by molar-refractivity contribution is 5.79. The largest absolute Gasteiger partial charge is 0.379 e. The standard InChI is InChI=1S/C21H26F2N4O/c1-24-21(25-14-16-4-2-6-18(22)12-16)26-15-20(27-8-10-28-11-9-27)17-5-3-7-19(23)13-17/h2-7,12-13,20H,8-11,14-15H2,1H3,(H2,24,25,26). The summed E-state index contributed by atoms with van der Waals surface area (Å²) in [5, 5.41) is 6.50. The molecule has 0 saturated carbocycles. The molecular formula is C21H26F2N4O. The van der Waals surface area contributed by atoms with Crippen LogP contribution in [0.4, 0.5) is 8.78 Å². The second kappa shape index (κ2) is 10.1. The van der Waals surface area contributed by atoms with Crippen molar-refractivity contribution in [1.29, 1.82) is 0 Å². The molecule has 1 fully saturated rings. The second-order valence-corrected chi connectivity index (χ2v) is 6.66. The number of hydrogen-bond acceptors (Lipinski definition) is 3. The van der Waals surface area contributed by atoms with Crippen LogP contribution in [0.2, 0.25) is 0 Å². The Hall–Kier alpha value is -2.51. The average molecular weight is 388 g/mol. The van der Waals surface area contributed by atoms with Crippen LogP contribution in [0.15, 0.2) is 53.5 Å². The van der Waals surface area contributed by atoms with E-state index in [1.165, 1.54) is 18.2 Å². The molecule has 1 atom stereocenters. The number of nitrogens with zero attached hydrogens (tertiary/aromatic N) is 2. The number of morpholine rings is 1. The summed E-state index contributed by atoms with van der Waals surface area (Å²) in [5.74, 6) is 0.101. The van der Waals surface area contributed by atoms with Crippen LogP contribution in [0.1, 0.15) is 17.2 Å². The van der Waals surface area contributed by atoms with Crippen molar-refractivity contribution >= 4 is 5.96 Å². The monoisotopic (exact) mass is 388 g/mol. The van der Waals surface area contributed by atoms with Crippen molar-refractivity contribution in [3.63, 3.8) is 0 Å². The molecule has 0 amide bonds. The van der Waals surface area contributed by atoms with Gasteiger partial charge in [-0.1, -0.05) is 24.3 Å². The molecule has 1 saturated heterocycles. The average Bonchev–Trinajstić information content (AvgIpc) is 2.71. The molecule has 2 N–H and O–H groups in total. The Kier molecular flexibility index (Phi) is 7.33. The predicted octanol–water partition coefficient (Wildman–Crippen LogP) is 2.70. The normalized spacial score (nSPS) is 16.6. The van der Waals surface area contributed by atoms with Crippen LogP contribution in [0.5, 0.6) is 0 Å². The van der Waals surface area contributed by atoms with E-state index in [0.717, 1.165) is 24.2 Å². The van der Waals surface area contributed by atoms with Crippen LogP contribution in [-0.2, 0) is 11.3 Å². The van der Waals surface area contributed by atoms with Gasteiger partial charge in [0.25, 0.3) is 0 Å². The Bertz CT molecular complexity index is 793. The van der Waals surface area contributed by atoms with Crippen LogP contribution in [-0.4, -0.2) is 50.8 Å². The second-order valence-electron chi connectivity index (χ2n) is 6.66. The van der Waals surface area contributed by atoms with Gasteiger partial charge in [-0.05, 0) is 35.4 Å². The van der Waals surface area contributed by atoms with Gasteiger partial charge < -0.3 is 15.4 Å². The van der Waals surface area contributed by atoms with Gasteiger partial charge in [-0.25, -0.2) is 8.78 Å². The van der Waals surface area contributed by atoms with E-state index in [-0.39, 0.29) is 17.7 Å². The van der Waals surface area contributed by atoms with Gasteiger partial charge in [0.2, 0.25) is 0 Å². The summed E-state index contributed by atoms with van der Waals surface area (Å²) in [6.45, 7) is 3.93. The molecule has 0 bridgehead atoms. The van der Waals surface area contributed by atoms with Gasteiger partial charge in [0, 0.05) is 33.2 Å². The number of aliphatic imine (C=N–C) groups is 1. The Morgan fingerprint density at radius 3 is 2.46 bits per heavy atom. The van der Waals surface area contributed by atoms with Crippen molar-refractivity contribution in [2.75, 3.05) is 39.9 Å². The van der Waals surface area contributed by atoms with Gasteiger partial charge in [-0.2, -0.15) is 0 Å². The minimum atomic E-state index is -0.263. The zero-order chi connectivity index (χ0) is 19.8. The van der Waals surface area contributed by atoms with Crippen LogP contribution < -0.4 is 10.6 Å². The fourth-order valence-electron chi connectivity index (χ4n) is 3.31. The Morgan fingerprint density at radius 2 is 1.79 bits per heavy atom. The fraction of sp³-hybridized carbons (Fsp3) is 0.381. The molecule has 0 aromatic heterocycles. The number of benzene rings is 2. The third-order valence-corrected chi connectivity index (χ3v) is 4.76. The quantitative estimate of drug-likeness (QED) is 0.590. The number of ether oxygens (including phenoxy) is 1. The van der Waals surface area contributed by atoms with Crippen LogP contribution in [0.25, 0.3) is 0 Å². The number of hydrogen-bond donors (Lipinski definition) is 2. The van der Waals surface area contributed by atoms with Crippen molar-refractivity contribution < 1.29 is 13.5 Å². The molecule has 0 spiro atoms. The van der Waals surface area contributed by atoms with Crippen LogP contribution in [0.3, 0.4) is 0 Å². The number of halogens is 2. The topological polar surface area (TPSA) is 48.9 Å². The lowest BCUT2D eigenvalue weighted by molar-refractivity contribution is 0.0169. The first-order chi connectivity index (χ1) is 13.7. The van der Waals surface area contributed by atoms with Gasteiger partial charge in [0.05, 0.1) is 19.3 Å². The van der Waals surface area contributed by atoms with E-state index in [0.29, 0.717) is 32.3 Å². The molecule has 150 valence electrons. The summed E-state index contributed by atoms with van der Waals surface area (Å²) in [6.07, 6.45) is 0. The maximum absolute atomic E-state index is 13.8. The molecular weight excluding hydrogens is 362 g/mol. The van der Waals surface area contributed by atoms with Gasteiger partial charge in [0.1, 0.15) is 11.6 Å². The van der Waals surface area contributed by atoms with Crippen LogP contribution in [0, 0.1) is 11.6 Å². The van der Waals surface area contributed by atoms with E-state index in [4.69, 9.17) is 4.74 Å². The van der Waals surface area contributed by atoms with Crippen molar-refractivity contribution in [2.45, 2.75) is 12.6 Å². The highest BCUT2D eigenvalue weighted by Gasteiger charge is 2.23. The van der Waals surface area contributed by atoms with Gasteiger partial charge in [-0.15, -0.1) is 0 Å². The fourth-order valence-corrected chi connectivity index (χ4v) is 3.31. The number of rotatable bonds is 6. The molecule has 5 nitrogen and oxygen atoms in total. The minimum Gasteiger partial charge on any atom is -0.379 e.